The van der Waals surface area contributed by atoms with Crippen LogP contribution in [-0.4, -0.2) is 24.7 Å². The molecular weight excluding hydrogens is 337 g/mol. The van der Waals surface area contributed by atoms with E-state index >= 15 is 0 Å². The largest absolute Gasteiger partial charge is 0.334 e. The molecule has 1 aromatic carbocycles. The van der Waals surface area contributed by atoms with E-state index in [0.29, 0.717) is 11.4 Å². The maximum atomic E-state index is 13.4. The maximum absolute atomic E-state index is 13.4. The summed E-state index contributed by atoms with van der Waals surface area (Å²) in [6, 6.07) is 8.44. The minimum atomic E-state index is -0.609. The van der Waals surface area contributed by atoms with E-state index in [4.69, 9.17) is 4.52 Å². The molecule has 0 unspecified atom stereocenters. The average Bonchev–Trinajstić information content (AvgIpc) is 3.24. The summed E-state index contributed by atoms with van der Waals surface area (Å²) in [5.41, 5.74) is 3.29. The van der Waals surface area contributed by atoms with Crippen LogP contribution in [-0.2, 0) is 0 Å². The van der Waals surface area contributed by atoms with Crippen molar-refractivity contribution >= 4 is 0 Å². The van der Waals surface area contributed by atoms with Gasteiger partial charge in [0.15, 0.2) is 0 Å². The lowest BCUT2D eigenvalue weighted by atomic mass is 10.1. The zero-order chi connectivity index (χ0) is 18.3. The van der Waals surface area contributed by atoms with Crippen LogP contribution in [0, 0.1) is 19.8 Å². The van der Waals surface area contributed by atoms with E-state index in [1.807, 2.05) is 6.92 Å². The molecule has 3 heterocycles. The minimum absolute atomic E-state index is 0.202. The van der Waals surface area contributed by atoms with Crippen molar-refractivity contribution in [2.75, 3.05) is 0 Å². The van der Waals surface area contributed by atoms with E-state index in [0.717, 1.165) is 22.5 Å². The van der Waals surface area contributed by atoms with E-state index in [2.05, 4.69) is 20.1 Å². The number of aromatic amines is 1. The third-order valence-corrected chi connectivity index (χ3v) is 4.07. The van der Waals surface area contributed by atoms with Crippen LogP contribution in [0.5, 0.6) is 0 Å². The Kier molecular flexibility index (Phi) is 3.72. The summed E-state index contributed by atoms with van der Waals surface area (Å²) >= 11 is 0. The number of pyridine rings is 1. The fourth-order valence-electron chi connectivity index (χ4n) is 2.71. The second-order valence-corrected chi connectivity index (χ2v) is 5.86. The average molecular weight is 351 g/mol. The molecule has 0 aliphatic carbocycles. The number of rotatable bonds is 3. The first-order chi connectivity index (χ1) is 12.5. The Morgan fingerprint density at radius 1 is 1.19 bits per heavy atom. The van der Waals surface area contributed by atoms with Crippen LogP contribution in [0.3, 0.4) is 0 Å². The predicted octanol–water partition coefficient (Wildman–Crippen LogP) is 3.03. The van der Waals surface area contributed by atoms with Gasteiger partial charge < -0.3 is 9.51 Å². The highest BCUT2D eigenvalue weighted by molar-refractivity contribution is 5.62. The summed E-state index contributed by atoms with van der Waals surface area (Å²) in [4.78, 5) is 22.4. The number of nitrogens with zero attached hydrogens (tertiary/aromatic N) is 4. The molecule has 0 radical (unpaired) electrons. The Hall–Kier alpha value is -3.55. The van der Waals surface area contributed by atoms with Gasteiger partial charge in [0.2, 0.25) is 11.8 Å². The molecule has 130 valence electrons. The Morgan fingerprint density at radius 3 is 2.65 bits per heavy atom. The molecule has 0 saturated carbocycles. The highest BCUT2D eigenvalue weighted by atomic mass is 19.1. The Bertz CT molecular complexity index is 1140. The van der Waals surface area contributed by atoms with Crippen molar-refractivity contribution < 1.29 is 8.91 Å². The van der Waals surface area contributed by atoms with Gasteiger partial charge in [-0.25, -0.2) is 9.78 Å². The zero-order valence-corrected chi connectivity index (χ0v) is 14.0. The van der Waals surface area contributed by atoms with Gasteiger partial charge in [-0.1, -0.05) is 5.16 Å². The predicted molar refractivity (Wildman–Crippen MR) is 92.3 cm³/mol. The molecule has 8 heteroatoms. The van der Waals surface area contributed by atoms with Crippen molar-refractivity contribution in [3.63, 3.8) is 0 Å². The van der Waals surface area contributed by atoms with Gasteiger partial charge in [0.25, 0.3) is 5.89 Å². The molecule has 26 heavy (non-hydrogen) atoms. The van der Waals surface area contributed by atoms with Gasteiger partial charge in [-0.3, -0.25) is 4.57 Å². The number of benzene rings is 1. The summed E-state index contributed by atoms with van der Waals surface area (Å²) < 4.78 is 20.2. The first-order valence-electron chi connectivity index (χ1n) is 7.87. The highest BCUT2D eigenvalue weighted by Gasteiger charge is 2.14. The number of H-pyrrole nitrogens is 1. The molecule has 0 amide bonds. The number of aryl methyl sites for hydroxylation is 2. The van der Waals surface area contributed by atoms with Crippen molar-refractivity contribution in [1.29, 1.82) is 0 Å². The normalized spacial score (nSPS) is 11.0. The monoisotopic (exact) mass is 351 g/mol. The topological polar surface area (TPSA) is 89.6 Å². The van der Waals surface area contributed by atoms with E-state index in [1.165, 1.54) is 12.3 Å². The summed E-state index contributed by atoms with van der Waals surface area (Å²) in [7, 11) is 0. The molecule has 4 aromatic rings. The highest BCUT2D eigenvalue weighted by Crippen LogP contribution is 2.25. The van der Waals surface area contributed by atoms with E-state index < -0.39 is 5.95 Å². The van der Waals surface area contributed by atoms with Gasteiger partial charge >= 0.3 is 5.69 Å². The first kappa shape index (κ1) is 15.9. The number of aromatic nitrogens is 5. The van der Waals surface area contributed by atoms with Gasteiger partial charge in [0.1, 0.15) is 0 Å². The van der Waals surface area contributed by atoms with E-state index in [1.54, 1.807) is 42.0 Å². The number of nitrogens with one attached hydrogen (secondary N) is 1. The van der Waals surface area contributed by atoms with Crippen LogP contribution in [0.25, 0.3) is 28.5 Å². The lowest BCUT2D eigenvalue weighted by Gasteiger charge is -2.04. The van der Waals surface area contributed by atoms with Gasteiger partial charge in [-0.2, -0.15) is 9.37 Å². The van der Waals surface area contributed by atoms with Crippen molar-refractivity contribution in [2.45, 2.75) is 13.8 Å². The van der Waals surface area contributed by atoms with Crippen LogP contribution in [0.15, 0.2) is 52.0 Å². The van der Waals surface area contributed by atoms with Crippen LogP contribution in [0.4, 0.5) is 4.39 Å². The SMILES string of the molecule is Cc1cnc(F)cc1-c1nc(-c2ccc(-n3c(C)c[nH]c3=O)cc2)no1. The second-order valence-electron chi connectivity index (χ2n) is 5.86. The van der Waals surface area contributed by atoms with Crippen LogP contribution in [0.2, 0.25) is 0 Å². The summed E-state index contributed by atoms with van der Waals surface area (Å²) in [6.07, 6.45) is 3.07. The quantitative estimate of drug-likeness (QED) is 0.573. The van der Waals surface area contributed by atoms with Crippen molar-refractivity contribution in [2.24, 2.45) is 0 Å². The second kappa shape index (κ2) is 6.07. The molecule has 0 bridgehead atoms. The molecule has 3 aromatic heterocycles. The Labute approximate surface area is 147 Å². The van der Waals surface area contributed by atoms with E-state index in [9.17, 15) is 9.18 Å². The van der Waals surface area contributed by atoms with Crippen LogP contribution < -0.4 is 5.69 Å². The van der Waals surface area contributed by atoms with E-state index in [-0.39, 0.29) is 11.6 Å². The zero-order valence-electron chi connectivity index (χ0n) is 14.0. The molecule has 0 saturated heterocycles. The van der Waals surface area contributed by atoms with Crippen molar-refractivity contribution in [3.8, 4) is 28.5 Å². The molecule has 4 rings (SSSR count). The molecule has 0 aliphatic rings. The molecular formula is C18H14FN5O2. The smallest absolute Gasteiger partial charge is 0.330 e. The number of imidazole rings is 1. The number of hydrogen-bond donors (Lipinski definition) is 1. The molecule has 0 fully saturated rings. The third-order valence-electron chi connectivity index (χ3n) is 4.07. The fraction of sp³-hybridized carbons (Fsp3) is 0.111. The molecule has 1 N–H and O–H groups in total. The Balaban J connectivity index is 1.68. The van der Waals surface area contributed by atoms with Crippen LogP contribution in [0.1, 0.15) is 11.3 Å². The van der Waals surface area contributed by atoms with Gasteiger partial charge in [-0.15, -0.1) is 0 Å². The summed E-state index contributed by atoms with van der Waals surface area (Å²) in [5.74, 6) is -0.0103. The third kappa shape index (κ3) is 2.71. The number of hydrogen-bond acceptors (Lipinski definition) is 5. The van der Waals surface area contributed by atoms with Gasteiger partial charge in [0.05, 0.1) is 5.69 Å². The molecule has 0 spiro atoms. The molecule has 0 aliphatic heterocycles. The number of halogens is 1. The van der Waals surface area contributed by atoms with Gasteiger partial charge in [-0.05, 0) is 43.7 Å². The standard InChI is InChI=1S/C18H14FN5O2/c1-10-8-20-15(19)7-14(10)17-22-16(23-26-17)12-3-5-13(6-4-12)24-11(2)9-21-18(24)25/h3-9H,1-2H3,(H,21,25). The molecule has 7 nitrogen and oxygen atoms in total. The maximum Gasteiger partial charge on any atom is 0.330 e. The van der Waals surface area contributed by atoms with Crippen LogP contribution >= 0.6 is 0 Å². The minimum Gasteiger partial charge on any atom is -0.334 e. The lowest BCUT2D eigenvalue weighted by Crippen LogP contribution is -2.15. The van der Waals surface area contributed by atoms with Crippen molar-refractivity contribution in [3.05, 3.63) is 70.4 Å². The Morgan fingerprint density at radius 2 is 1.96 bits per heavy atom. The van der Waals surface area contributed by atoms with Gasteiger partial charge in [0, 0.05) is 35.3 Å². The summed E-state index contributed by atoms with van der Waals surface area (Å²) in [5, 5.41) is 3.96. The first-order valence-corrected chi connectivity index (χ1v) is 7.87. The lowest BCUT2D eigenvalue weighted by molar-refractivity contribution is 0.431. The fourth-order valence-corrected chi connectivity index (χ4v) is 2.71. The molecule has 0 atom stereocenters. The summed E-state index contributed by atoms with van der Waals surface area (Å²) in [6.45, 7) is 3.63. The van der Waals surface area contributed by atoms with Crippen molar-refractivity contribution in [1.82, 2.24) is 24.7 Å².